The lowest BCUT2D eigenvalue weighted by molar-refractivity contribution is -0.123. The van der Waals surface area contributed by atoms with E-state index in [4.69, 9.17) is 0 Å². The SMILES string of the molecule is CCCCN1C(=O)CN(C(=O)CN(CC)CC)c2cc(C(=O)O)ccc21. The van der Waals surface area contributed by atoms with E-state index in [1.54, 1.807) is 11.0 Å². The molecule has 1 N–H and O–H groups in total. The average molecular weight is 361 g/mol. The molecule has 0 bridgehead atoms. The third kappa shape index (κ3) is 4.22. The Morgan fingerprint density at radius 1 is 1.15 bits per heavy atom. The molecule has 0 saturated carbocycles. The highest BCUT2D eigenvalue weighted by atomic mass is 16.4. The lowest BCUT2D eigenvalue weighted by Crippen LogP contribution is -2.51. The van der Waals surface area contributed by atoms with Crippen molar-refractivity contribution in [3.8, 4) is 0 Å². The molecule has 1 aliphatic heterocycles. The number of benzene rings is 1. The maximum Gasteiger partial charge on any atom is 0.335 e. The van der Waals surface area contributed by atoms with Gasteiger partial charge in [0.15, 0.2) is 0 Å². The van der Waals surface area contributed by atoms with Gasteiger partial charge in [-0.15, -0.1) is 0 Å². The number of nitrogens with zero attached hydrogens (tertiary/aromatic N) is 3. The first-order chi connectivity index (χ1) is 12.4. The van der Waals surface area contributed by atoms with Crippen LogP contribution in [0.2, 0.25) is 0 Å². The van der Waals surface area contributed by atoms with Crippen molar-refractivity contribution >= 4 is 29.2 Å². The molecular formula is C19H27N3O4. The van der Waals surface area contributed by atoms with Gasteiger partial charge in [0.2, 0.25) is 11.8 Å². The summed E-state index contributed by atoms with van der Waals surface area (Å²) in [5.41, 5.74) is 1.21. The molecule has 1 aromatic carbocycles. The van der Waals surface area contributed by atoms with Crippen LogP contribution in [0.15, 0.2) is 18.2 Å². The number of anilines is 2. The number of fused-ring (bicyclic) bond motifs is 1. The van der Waals surface area contributed by atoms with Crippen molar-refractivity contribution in [3.05, 3.63) is 23.8 Å². The fourth-order valence-corrected chi connectivity index (χ4v) is 3.05. The van der Waals surface area contributed by atoms with E-state index in [0.717, 1.165) is 25.9 Å². The van der Waals surface area contributed by atoms with E-state index in [-0.39, 0.29) is 30.5 Å². The minimum Gasteiger partial charge on any atom is -0.478 e. The lowest BCUT2D eigenvalue weighted by Gasteiger charge is -2.37. The number of carbonyl (C=O) groups excluding carboxylic acids is 2. The van der Waals surface area contributed by atoms with Crippen LogP contribution in [0.3, 0.4) is 0 Å². The molecule has 0 fully saturated rings. The summed E-state index contributed by atoms with van der Waals surface area (Å²) in [5.74, 6) is -1.39. The molecule has 0 atom stereocenters. The van der Waals surface area contributed by atoms with Gasteiger partial charge in [0.1, 0.15) is 6.54 Å². The molecular weight excluding hydrogens is 334 g/mol. The van der Waals surface area contributed by atoms with Gasteiger partial charge in [-0.1, -0.05) is 27.2 Å². The standard InChI is InChI=1S/C19H27N3O4/c1-4-7-10-21-15-9-8-14(19(25)26)11-16(15)22(13-18(21)24)17(23)12-20(5-2)6-3/h8-9,11H,4-7,10,12-13H2,1-3H3,(H,25,26). The van der Waals surface area contributed by atoms with Crippen molar-refractivity contribution in [1.29, 1.82) is 0 Å². The van der Waals surface area contributed by atoms with Gasteiger partial charge in [0.05, 0.1) is 23.5 Å². The maximum absolute atomic E-state index is 12.8. The molecule has 1 heterocycles. The summed E-state index contributed by atoms with van der Waals surface area (Å²) in [6, 6.07) is 4.60. The van der Waals surface area contributed by atoms with Crippen molar-refractivity contribution in [2.45, 2.75) is 33.6 Å². The molecule has 0 aliphatic carbocycles. The zero-order valence-corrected chi connectivity index (χ0v) is 15.7. The van der Waals surface area contributed by atoms with Crippen molar-refractivity contribution in [2.24, 2.45) is 0 Å². The van der Waals surface area contributed by atoms with Crippen LogP contribution in [-0.2, 0) is 9.59 Å². The molecule has 0 spiro atoms. The fourth-order valence-electron chi connectivity index (χ4n) is 3.05. The predicted octanol–water partition coefficient (Wildman–Crippen LogP) is 2.21. The van der Waals surface area contributed by atoms with Gasteiger partial charge in [0.25, 0.3) is 0 Å². The van der Waals surface area contributed by atoms with Crippen LogP contribution in [0.1, 0.15) is 44.0 Å². The molecule has 1 aromatic rings. The third-order valence-electron chi connectivity index (χ3n) is 4.69. The highest BCUT2D eigenvalue weighted by molar-refractivity contribution is 6.12. The van der Waals surface area contributed by atoms with Crippen LogP contribution in [0.5, 0.6) is 0 Å². The Morgan fingerprint density at radius 3 is 2.42 bits per heavy atom. The molecule has 26 heavy (non-hydrogen) atoms. The summed E-state index contributed by atoms with van der Waals surface area (Å²) in [7, 11) is 0. The molecule has 7 heteroatoms. The smallest absolute Gasteiger partial charge is 0.335 e. The number of amides is 2. The molecule has 1 aliphatic rings. The highest BCUT2D eigenvalue weighted by Crippen LogP contribution is 2.35. The van der Waals surface area contributed by atoms with Crippen LogP contribution in [-0.4, -0.2) is 60.5 Å². The monoisotopic (exact) mass is 361 g/mol. The quantitative estimate of drug-likeness (QED) is 0.768. The van der Waals surface area contributed by atoms with E-state index in [1.807, 2.05) is 25.7 Å². The van der Waals surface area contributed by atoms with E-state index in [9.17, 15) is 19.5 Å². The molecule has 7 nitrogen and oxygen atoms in total. The normalized spacial score (nSPS) is 13.9. The summed E-state index contributed by atoms with van der Waals surface area (Å²) in [6.45, 7) is 8.16. The molecule has 2 rings (SSSR count). The molecule has 0 radical (unpaired) electrons. The second-order valence-electron chi connectivity index (χ2n) is 6.35. The van der Waals surface area contributed by atoms with Gasteiger partial charge in [-0.2, -0.15) is 0 Å². The molecule has 0 saturated heterocycles. The van der Waals surface area contributed by atoms with E-state index < -0.39 is 5.97 Å². The topological polar surface area (TPSA) is 81.2 Å². The summed E-state index contributed by atoms with van der Waals surface area (Å²) in [5, 5.41) is 9.30. The molecule has 142 valence electrons. The number of aromatic carboxylic acids is 1. The predicted molar refractivity (Wildman–Crippen MR) is 101 cm³/mol. The van der Waals surface area contributed by atoms with Gasteiger partial charge >= 0.3 is 5.97 Å². The number of hydrogen-bond donors (Lipinski definition) is 1. The lowest BCUT2D eigenvalue weighted by atomic mass is 10.1. The van der Waals surface area contributed by atoms with E-state index in [1.165, 1.54) is 17.0 Å². The van der Waals surface area contributed by atoms with Crippen molar-refractivity contribution in [3.63, 3.8) is 0 Å². The van der Waals surface area contributed by atoms with E-state index in [0.29, 0.717) is 17.9 Å². The maximum atomic E-state index is 12.8. The zero-order valence-electron chi connectivity index (χ0n) is 15.7. The number of rotatable bonds is 8. The van der Waals surface area contributed by atoms with Crippen LogP contribution in [0.4, 0.5) is 11.4 Å². The van der Waals surface area contributed by atoms with E-state index >= 15 is 0 Å². The van der Waals surface area contributed by atoms with Gasteiger partial charge in [-0.3, -0.25) is 19.4 Å². The Kier molecular flexibility index (Phi) is 6.74. The number of likely N-dealkylation sites (N-methyl/N-ethyl adjacent to an activating group) is 1. The van der Waals surface area contributed by atoms with Crippen LogP contribution in [0.25, 0.3) is 0 Å². The average Bonchev–Trinajstić information content (AvgIpc) is 2.64. The first-order valence-corrected chi connectivity index (χ1v) is 9.13. The fraction of sp³-hybridized carbons (Fsp3) is 0.526. The third-order valence-corrected chi connectivity index (χ3v) is 4.69. The van der Waals surface area contributed by atoms with Crippen LogP contribution >= 0.6 is 0 Å². The second-order valence-corrected chi connectivity index (χ2v) is 6.35. The van der Waals surface area contributed by atoms with Crippen molar-refractivity contribution in [1.82, 2.24) is 4.90 Å². The Morgan fingerprint density at radius 2 is 1.85 bits per heavy atom. The Hall–Kier alpha value is -2.41. The number of carbonyl (C=O) groups is 3. The van der Waals surface area contributed by atoms with Crippen molar-refractivity contribution in [2.75, 3.05) is 42.5 Å². The molecule has 2 amide bonds. The molecule has 0 unspecified atom stereocenters. The summed E-state index contributed by atoms with van der Waals surface area (Å²) in [4.78, 5) is 41.8. The van der Waals surface area contributed by atoms with E-state index in [2.05, 4.69) is 0 Å². The number of unbranched alkanes of at least 4 members (excludes halogenated alkanes) is 1. The number of carboxylic acid groups (broad SMARTS) is 1. The number of carboxylic acids is 1. The van der Waals surface area contributed by atoms with Gasteiger partial charge < -0.3 is 10.0 Å². The minimum absolute atomic E-state index is 0.0557. The summed E-state index contributed by atoms with van der Waals surface area (Å²) in [6.07, 6.45) is 1.79. The van der Waals surface area contributed by atoms with Crippen molar-refractivity contribution < 1.29 is 19.5 Å². The first kappa shape index (κ1) is 19.9. The summed E-state index contributed by atoms with van der Waals surface area (Å²) >= 11 is 0. The Labute approximate surface area is 154 Å². The number of hydrogen-bond acceptors (Lipinski definition) is 4. The minimum atomic E-state index is -1.05. The van der Waals surface area contributed by atoms with Crippen LogP contribution in [0, 0.1) is 0 Å². The molecule has 0 aromatic heterocycles. The van der Waals surface area contributed by atoms with Gasteiger partial charge in [-0.05, 0) is 37.7 Å². The zero-order chi connectivity index (χ0) is 19.3. The van der Waals surface area contributed by atoms with Gasteiger partial charge in [0, 0.05) is 6.54 Å². The first-order valence-electron chi connectivity index (χ1n) is 9.13. The highest BCUT2D eigenvalue weighted by Gasteiger charge is 2.33. The largest absolute Gasteiger partial charge is 0.478 e. The van der Waals surface area contributed by atoms with Crippen LogP contribution < -0.4 is 9.80 Å². The second kappa shape index (κ2) is 8.80. The van der Waals surface area contributed by atoms with Gasteiger partial charge in [-0.25, -0.2) is 4.79 Å². The summed E-state index contributed by atoms with van der Waals surface area (Å²) < 4.78 is 0. The Bertz CT molecular complexity index is 685. The Balaban J connectivity index is 2.41.